The number of nitrogens with one attached hydrogen (secondary N) is 1. The zero-order valence-electron chi connectivity index (χ0n) is 10.6. The molecular formula is C12H18BrN3O. The minimum atomic E-state index is -0.208. The van der Waals surface area contributed by atoms with Crippen molar-refractivity contribution in [1.82, 2.24) is 9.97 Å². The molecule has 1 aromatic heterocycles. The van der Waals surface area contributed by atoms with Crippen molar-refractivity contribution in [3.8, 4) is 0 Å². The molecule has 1 atom stereocenters. The third kappa shape index (κ3) is 2.96. The lowest BCUT2D eigenvalue weighted by atomic mass is 9.95. The standard InChI is InChI=1S/C12H18BrN3O/c1-11(2)5-9(12(3,4)17-11)16-10-14-6-8(13)7-15-10/h6-7,9H,5H2,1-4H3,(H,14,15,16). The first-order valence-corrected chi connectivity index (χ1v) is 6.52. The van der Waals surface area contributed by atoms with Crippen LogP contribution in [0.1, 0.15) is 34.1 Å². The number of aromatic nitrogens is 2. The number of halogens is 1. The van der Waals surface area contributed by atoms with Crippen molar-refractivity contribution in [1.29, 1.82) is 0 Å². The first-order chi connectivity index (χ1) is 7.78. The Kier molecular flexibility index (Phi) is 3.16. The van der Waals surface area contributed by atoms with Crippen molar-refractivity contribution in [2.24, 2.45) is 0 Å². The molecular weight excluding hydrogens is 282 g/mol. The van der Waals surface area contributed by atoms with E-state index in [0.29, 0.717) is 5.95 Å². The molecule has 5 heteroatoms. The van der Waals surface area contributed by atoms with Crippen LogP contribution < -0.4 is 5.32 Å². The van der Waals surface area contributed by atoms with Gasteiger partial charge in [-0.1, -0.05) is 0 Å². The fraction of sp³-hybridized carbons (Fsp3) is 0.667. The highest BCUT2D eigenvalue weighted by Gasteiger charge is 2.46. The molecule has 4 nitrogen and oxygen atoms in total. The van der Waals surface area contributed by atoms with Crippen molar-refractivity contribution in [3.05, 3.63) is 16.9 Å². The zero-order valence-corrected chi connectivity index (χ0v) is 12.2. The summed E-state index contributed by atoms with van der Waals surface area (Å²) in [6.45, 7) is 8.41. The highest BCUT2D eigenvalue weighted by molar-refractivity contribution is 9.10. The highest BCUT2D eigenvalue weighted by Crippen LogP contribution is 2.38. The van der Waals surface area contributed by atoms with Gasteiger partial charge in [0.2, 0.25) is 5.95 Å². The van der Waals surface area contributed by atoms with Gasteiger partial charge in [-0.05, 0) is 50.0 Å². The average molecular weight is 300 g/mol. The molecule has 0 bridgehead atoms. The fourth-order valence-electron chi connectivity index (χ4n) is 2.33. The summed E-state index contributed by atoms with van der Waals surface area (Å²) < 4.78 is 6.90. The molecule has 2 heterocycles. The molecule has 0 aliphatic carbocycles. The Labute approximate surface area is 110 Å². The van der Waals surface area contributed by atoms with Crippen LogP contribution in [-0.2, 0) is 4.74 Å². The minimum absolute atomic E-state index is 0.101. The van der Waals surface area contributed by atoms with E-state index in [1.165, 1.54) is 0 Å². The smallest absolute Gasteiger partial charge is 0.222 e. The van der Waals surface area contributed by atoms with Crippen LogP contribution in [0.3, 0.4) is 0 Å². The Morgan fingerprint density at radius 2 is 1.88 bits per heavy atom. The van der Waals surface area contributed by atoms with E-state index in [9.17, 15) is 0 Å². The van der Waals surface area contributed by atoms with Crippen LogP contribution in [0.4, 0.5) is 5.95 Å². The lowest BCUT2D eigenvalue weighted by Crippen LogP contribution is -2.38. The van der Waals surface area contributed by atoms with E-state index in [0.717, 1.165) is 10.9 Å². The van der Waals surface area contributed by atoms with Crippen molar-refractivity contribution in [3.63, 3.8) is 0 Å². The second-order valence-electron chi connectivity index (χ2n) is 5.59. The quantitative estimate of drug-likeness (QED) is 0.912. The Hall–Kier alpha value is -0.680. The summed E-state index contributed by atoms with van der Waals surface area (Å²) in [7, 11) is 0. The van der Waals surface area contributed by atoms with Crippen LogP contribution in [0, 0.1) is 0 Å². The van der Waals surface area contributed by atoms with E-state index in [-0.39, 0.29) is 17.2 Å². The van der Waals surface area contributed by atoms with Crippen LogP contribution in [-0.4, -0.2) is 27.2 Å². The van der Waals surface area contributed by atoms with Gasteiger partial charge in [-0.3, -0.25) is 0 Å². The molecule has 94 valence electrons. The van der Waals surface area contributed by atoms with Gasteiger partial charge in [0.15, 0.2) is 0 Å². The first kappa shape index (κ1) is 12.8. The number of ether oxygens (including phenoxy) is 1. The largest absolute Gasteiger partial charge is 0.367 e. The maximum absolute atomic E-state index is 6.02. The van der Waals surface area contributed by atoms with Crippen molar-refractivity contribution < 1.29 is 4.74 Å². The van der Waals surface area contributed by atoms with Crippen LogP contribution in [0.5, 0.6) is 0 Å². The molecule has 1 aromatic rings. The number of hydrogen-bond acceptors (Lipinski definition) is 4. The molecule has 0 spiro atoms. The van der Waals surface area contributed by atoms with Crippen LogP contribution in [0.15, 0.2) is 16.9 Å². The minimum Gasteiger partial charge on any atom is -0.367 e. The summed E-state index contributed by atoms with van der Waals surface area (Å²) in [5.74, 6) is 0.646. The van der Waals surface area contributed by atoms with E-state index < -0.39 is 0 Å². The Balaban J connectivity index is 2.11. The summed E-state index contributed by atoms with van der Waals surface area (Å²) >= 11 is 3.32. The Morgan fingerprint density at radius 3 is 2.35 bits per heavy atom. The molecule has 1 saturated heterocycles. The fourth-order valence-corrected chi connectivity index (χ4v) is 2.53. The molecule has 0 saturated carbocycles. The molecule has 1 aliphatic heterocycles. The third-order valence-electron chi connectivity index (χ3n) is 3.00. The number of nitrogens with zero attached hydrogens (tertiary/aromatic N) is 2. The van der Waals surface area contributed by atoms with Gasteiger partial charge >= 0.3 is 0 Å². The lowest BCUT2D eigenvalue weighted by Gasteiger charge is -2.27. The van der Waals surface area contributed by atoms with E-state index in [1.54, 1.807) is 12.4 Å². The SMILES string of the molecule is CC1(C)CC(Nc2ncc(Br)cn2)C(C)(C)O1. The predicted octanol–water partition coefficient (Wildman–Crippen LogP) is 3.00. The summed E-state index contributed by atoms with van der Waals surface area (Å²) in [4.78, 5) is 8.46. The van der Waals surface area contributed by atoms with Gasteiger partial charge in [0.05, 0.1) is 21.7 Å². The van der Waals surface area contributed by atoms with Gasteiger partial charge in [-0.15, -0.1) is 0 Å². The maximum Gasteiger partial charge on any atom is 0.222 e. The summed E-state index contributed by atoms with van der Waals surface area (Å²) in [6.07, 6.45) is 4.42. The van der Waals surface area contributed by atoms with Gasteiger partial charge in [0.25, 0.3) is 0 Å². The molecule has 0 radical (unpaired) electrons. The lowest BCUT2D eigenvalue weighted by molar-refractivity contribution is -0.0663. The second-order valence-corrected chi connectivity index (χ2v) is 6.51. The Bertz CT molecular complexity index is 403. The van der Waals surface area contributed by atoms with Gasteiger partial charge in [0, 0.05) is 12.4 Å². The zero-order chi connectivity index (χ0) is 12.7. The topological polar surface area (TPSA) is 47.0 Å². The molecule has 0 aromatic carbocycles. The van der Waals surface area contributed by atoms with Crippen molar-refractivity contribution in [2.45, 2.75) is 51.4 Å². The predicted molar refractivity (Wildman–Crippen MR) is 71.0 cm³/mol. The summed E-state index contributed by atoms with van der Waals surface area (Å²) in [6, 6.07) is 0.221. The van der Waals surface area contributed by atoms with Crippen molar-refractivity contribution >= 4 is 21.9 Å². The van der Waals surface area contributed by atoms with Crippen molar-refractivity contribution in [2.75, 3.05) is 5.32 Å². The monoisotopic (exact) mass is 299 g/mol. The van der Waals surface area contributed by atoms with E-state index >= 15 is 0 Å². The van der Waals surface area contributed by atoms with Gasteiger partial charge in [-0.2, -0.15) is 0 Å². The molecule has 0 amide bonds. The Morgan fingerprint density at radius 1 is 1.29 bits per heavy atom. The first-order valence-electron chi connectivity index (χ1n) is 5.73. The van der Waals surface area contributed by atoms with E-state index in [2.05, 4.69) is 58.9 Å². The van der Waals surface area contributed by atoms with Gasteiger partial charge in [0.1, 0.15) is 0 Å². The highest BCUT2D eigenvalue weighted by atomic mass is 79.9. The summed E-state index contributed by atoms with van der Waals surface area (Å²) in [5, 5.41) is 3.35. The van der Waals surface area contributed by atoms with Crippen LogP contribution in [0.25, 0.3) is 0 Å². The van der Waals surface area contributed by atoms with E-state index in [1.807, 2.05) is 0 Å². The van der Waals surface area contributed by atoms with Gasteiger partial charge in [-0.25, -0.2) is 9.97 Å². The second kappa shape index (κ2) is 4.21. The molecule has 17 heavy (non-hydrogen) atoms. The van der Waals surface area contributed by atoms with Crippen LogP contribution in [0.2, 0.25) is 0 Å². The third-order valence-corrected chi connectivity index (χ3v) is 3.41. The van der Waals surface area contributed by atoms with Crippen LogP contribution >= 0.6 is 15.9 Å². The number of rotatable bonds is 2. The maximum atomic E-state index is 6.02. The molecule has 1 aliphatic rings. The average Bonchev–Trinajstić information content (AvgIpc) is 2.38. The summed E-state index contributed by atoms with van der Waals surface area (Å²) in [5.41, 5.74) is -0.309. The molecule has 2 rings (SSSR count). The van der Waals surface area contributed by atoms with E-state index in [4.69, 9.17) is 4.74 Å². The van der Waals surface area contributed by atoms with Gasteiger partial charge < -0.3 is 10.1 Å². The number of hydrogen-bond donors (Lipinski definition) is 1. The normalized spacial score (nSPS) is 25.8. The molecule has 1 fully saturated rings. The molecule has 1 unspecified atom stereocenters. The number of anilines is 1. The molecule has 1 N–H and O–H groups in total.